The van der Waals surface area contributed by atoms with Crippen LogP contribution in [0.25, 0.3) is 0 Å². The number of nitrogens with zero attached hydrogens (tertiary/aromatic N) is 2. The summed E-state index contributed by atoms with van der Waals surface area (Å²) in [5.41, 5.74) is 2.84. The number of benzene rings is 1. The molecule has 3 atom stereocenters. The van der Waals surface area contributed by atoms with Gasteiger partial charge in [0.05, 0.1) is 18.2 Å². The molecule has 25 heavy (non-hydrogen) atoms. The first-order valence-corrected chi connectivity index (χ1v) is 9.38. The number of rotatable bonds is 5. The molecule has 2 aliphatic rings. The zero-order chi connectivity index (χ0) is 17.2. The van der Waals surface area contributed by atoms with Crippen LogP contribution in [0.1, 0.15) is 16.1 Å². The molecule has 1 aromatic heterocycles. The quantitative estimate of drug-likeness (QED) is 0.887. The SMILES string of the molecule is O=C(NC[C@@H]1CO[C@H]2CN(Cc3ccccc3F)C[C@@H]12)c1cscn1. The second-order valence-corrected chi connectivity index (χ2v) is 7.38. The Kier molecular flexibility index (Phi) is 4.78. The Hall–Kier alpha value is -1.83. The minimum atomic E-state index is -0.160. The van der Waals surface area contributed by atoms with Crippen LogP contribution in [0.15, 0.2) is 35.2 Å². The second-order valence-electron chi connectivity index (χ2n) is 6.66. The number of hydrogen-bond donors (Lipinski definition) is 1. The molecule has 132 valence electrons. The number of nitrogens with one attached hydrogen (secondary N) is 1. The number of likely N-dealkylation sites (tertiary alicyclic amines) is 1. The molecule has 2 aromatic rings. The number of ether oxygens (including phenoxy) is 1. The van der Waals surface area contributed by atoms with E-state index in [0.717, 1.165) is 18.7 Å². The van der Waals surface area contributed by atoms with Crippen LogP contribution in [0.5, 0.6) is 0 Å². The van der Waals surface area contributed by atoms with Gasteiger partial charge in [0.25, 0.3) is 5.91 Å². The van der Waals surface area contributed by atoms with Gasteiger partial charge in [0, 0.05) is 49.0 Å². The molecule has 0 aliphatic carbocycles. The van der Waals surface area contributed by atoms with Crippen LogP contribution in [0.3, 0.4) is 0 Å². The largest absolute Gasteiger partial charge is 0.376 e. The maximum absolute atomic E-state index is 13.8. The Morgan fingerprint density at radius 2 is 2.28 bits per heavy atom. The molecule has 2 fully saturated rings. The van der Waals surface area contributed by atoms with E-state index in [9.17, 15) is 9.18 Å². The van der Waals surface area contributed by atoms with E-state index in [1.807, 2.05) is 12.1 Å². The number of hydrogen-bond acceptors (Lipinski definition) is 5. The van der Waals surface area contributed by atoms with Crippen LogP contribution in [0.4, 0.5) is 4.39 Å². The highest BCUT2D eigenvalue weighted by atomic mass is 32.1. The van der Waals surface area contributed by atoms with E-state index < -0.39 is 0 Å². The van der Waals surface area contributed by atoms with Gasteiger partial charge in [-0.1, -0.05) is 18.2 Å². The Morgan fingerprint density at radius 1 is 1.40 bits per heavy atom. The van der Waals surface area contributed by atoms with Gasteiger partial charge in [0.15, 0.2) is 0 Å². The molecule has 0 saturated carbocycles. The van der Waals surface area contributed by atoms with Crippen LogP contribution in [-0.2, 0) is 11.3 Å². The lowest BCUT2D eigenvalue weighted by Crippen LogP contribution is -2.34. The van der Waals surface area contributed by atoms with Crippen molar-refractivity contribution in [1.82, 2.24) is 15.2 Å². The minimum Gasteiger partial charge on any atom is -0.376 e. The molecule has 1 N–H and O–H groups in total. The Bertz CT molecular complexity index is 740. The van der Waals surface area contributed by atoms with Crippen molar-refractivity contribution in [1.29, 1.82) is 0 Å². The van der Waals surface area contributed by atoms with Crippen molar-refractivity contribution < 1.29 is 13.9 Å². The van der Waals surface area contributed by atoms with E-state index in [-0.39, 0.29) is 17.8 Å². The zero-order valence-corrected chi connectivity index (χ0v) is 14.5. The Balaban J connectivity index is 1.32. The van der Waals surface area contributed by atoms with Gasteiger partial charge >= 0.3 is 0 Å². The first-order chi connectivity index (χ1) is 12.2. The monoisotopic (exact) mass is 361 g/mol. The third-order valence-corrected chi connectivity index (χ3v) is 5.64. The molecule has 1 aromatic carbocycles. The van der Waals surface area contributed by atoms with Crippen molar-refractivity contribution in [3.05, 3.63) is 52.2 Å². The van der Waals surface area contributed by atoms with Crippen LogP contribution in [0, 0.1) is 17.7 Å². The molecule has 2 aliphatic heterocycles. The molecule has 0 radical (unpaired) electrons. The lowest BCUT2D eigenvalue weighted by molar-refractivity contribution is 0.0900. The first-order valence-electron chi connectivity index (χ1n) is 8.44. The van der Waals surface area contributed by atoms with E-state index >= 15 is 0 Å². The highest BCUT2D eigenvalue weighted by molar-refractivity contribution is 7.07. The van der Waals surface area contributed by atoms with Gasteiger partial charge < -0.3 is 10.1 Å². The maximum atomic E-state index is 13.8. The second kappa shape index (κ2) is 7.19. The van der Waals surface area contributed by atoms with Crippen molar-refractivity contribution in [2.24, 2.45) is 11.8 Å². The predicted octanol–water partition coefficient (Wildman–Crippen LogP) is 2.16. The standard InChI is InChI=1S/C18H20FN3O2S/c19-15-4-2-1-3-12(15)6-22-7-14-13(9-24-17(14)8-22)5-20-18(23)16-10-25-11-21-16/h1-4,10-11,13-14,17H,5-9H2,(H,20,23)/t13-,14+,17+/m1/s1. The Labute approximate surface area is 149 Å². The summed E-state index contributed by atoms with van der Waals surface area (Å²) in [5, 5.41) is 4.71. The summed E-state index contributed by atoms with van der Waals surface area (Å²) >= 11 is 1.41. The van der Waals surface area contributed by atoms with Crippen LogP contribution >= 0.6 is 11.3 Å². The summed E-state index contributed by atoms with van der Waals surface area (Å²) in [6.07, 6.45) is 0.174. The summed E-state index contributed by atoms with van der Waals surface area (Å²) < 4.78 is 19.8. The average Bonchev–Trinajstić information content (AvgIpc) is 3.32. The van der Waals surface area contributed by atoms with E-state index in [1.165, 1.54) is 17.4 Å². The average molecular weight is 361 g/mol. The van der Waals surface area contributed by atoms with Crippen LogP contribution < -0.4 is 5.32 Å². The van der Waals surface area contributed by atoms with Gasteiger partial charge in [0.2, 0.25) is 0 Å². The summed E-state index contributed by atoms with van der Waals surface area (Å²) in [6, 6.07) is 6.90. The lowest BCUT2D eigenvalue weighted by atomic mass is 9.93. The summed E-state index contributed by atoms with van der Waals surface area (Å²) in [5.74, 6) is 0.374. The molecule has 3 heterocycles. The topological polar surface area (TPSA) is 54.5 Å². The molecule has 4 rings (SSSR count). The molecule has 7 heteroatoms. The third kappa shape index (κ3) is 3.58. The van der Waals surface area contributed by atoms with Gasteiger partial charge in [-0.2, -0.15) is 0 Å². The van der Waals surface area contributed by atoms with E-state index in [4.69, 9.17) is 4.74 Å². The number of thiazole rings is 1. The number of fused-ring (bicyclic) bond motifs is 1. The van der Waals surface area contributed by atoms with Crippen LogP contribution in [-0.4, -0.2) is 48.1 Å². The highest BCUT2D eigenvalue weighted by Crippen LogP contribution is 2.34. The van der Waals surface area contributed by atoms with E-state index in [0.29, 0.717) is 37.2 Å². The molecule has 0 unspecified atom stereocenters. The molecule has 1 amide bonds. The molecular formula is C18H20FN3O2S. The highest BCUT2D eigenvalue weighted by Gasteiger charge is 2.43. The molecule has 0 spiro atoms. The zero-order valence-electron chi connectivity index (χ0n) is 13.7. The lowest BCUT2D eigenvalue weighted by Gasteiger charge is -2.20. The molecule has 0 bridgehead atoms. The Morgan fingerprint density at radius 3 is 3.08 bits per heavy atom. The number of carbonyl (C=O) groups excluding carboxylic acids is 1. The summed E-state index contributed by atoms with van der Waals surface area (Å²) in [6.45, 7) is 3.54. The third-order valence-electron chi connectivity index (χ3n) is 5.06. The summed E-state index contributed by atoms with van der Waals surface area (Å²) in [7, 11) is 0. The normalized spacial score (nSPS) is 25.9. The van der Waals surface area contributed by atoms with Crippen molar-refractivity contribution >= 4 is 17.2 Å². The number of aromatic nitrogens is 1. The van der Waals surface area contributed by atoms with Gasteiger partial charge in [0.1, 0.15) is 11.5 Å². The number of amides is 1. The van der Waals surface area contributed by atoms with Crippen LogP contribution in [0.2, 0.25) is 0 Å². The van der Waals surface area contributed by atoms with Gasteiger partial charge in [-0.05, 0) is 6.07 Å². The van der Waals surface area contributed by atoms with E-state index in [1.54, 1.807) is 17.0 Å². The van der Waals surface area contributed by atoms with Crippen molar-refractivity contribution in [3.63, 3.8) is 0 Å². The van der Waals surface area contributed by atoms with Gasteiger partial charge in [-0.3, -0.25) is 9.69 Å². The molecule has 5 nitrogen and oxygen atoms in total. The van der Waals surface area contributed by atoms with Crippen molar-refractivity contribution in [2.75, 3.05) is 26.2 Å². The fourth-order valence-electron chi connectivity index (χ4n) is 3.73. The van der Waals surface area contributed by atoms with Crippen molar-refractivity contribution in [3.8, 4) is 0 Å². The van der Waals surface area contributed by atoms with Gasteiger partial charge in [-0.15, -0.1) is 11.3 Å². The first kappa shape index (κ1) is 16.6. The fourth-order valence-corrected chi connectivity index (χ4v) is 4.26. The van der Waals surface area contributed by atoms with Gasteiger partial charge in [-0.25, -0.2) is 9.37 Å². The summed E-state index contributed by atoms with van der Waals surface area (Å²) in [4.78, 5) is 18.3. The van der Waals surface area contributed by atoms with Crippen molar-refractivity contribution in [2.45, 2.75) is 12.6 Å². The minimum absolute atomic E-state index is 0.133. The maximum Gasteiger partial charge on any atom is 0.270 e. The predicted molar refractivity (Wildman–Crippen MR) is 92.8 cm³/mol. The van der Waals surface area contributed by atoms with E-state index in [2.05, 4.69) is 15.2 Å². The number of halogens is 1. The number of carbonyl (C=O) groups is 1. The molecule has 2 saturated heterocycles. The fraction of sp³-hybridized carbons (Fsp3) is 0.444. The molecular weight excluding hydrogens is 341 g/mol. The smallest absolute Gasteiger partial charge is 0.270 e.